The maximum atomic E-state index is 13.1. The van der Waals surface area contributed by atoms with Crippen LogP contribution < -0.4 is 5.69 Å². The van der Waals surface area contributed by atoms with E-state index in [0.29, 0.717) is 11.5 Å². The molecule has 2 atom stereocenters. The lowest BCUT2D eigenvalue weighted by atomic mass is 9.97. The van der Waals surface area contributed by atoms with E-state index in [9.17, 15) is 9.59 Å². The zero-order valence-corrected chi connectivity index (χ0v) is 16.9. The largest absolute Gasteiger partial charge is 0.352 e. The fraction of sp³-hybridized carbons (Fsp3) is 0.524. The Morgan fingerprint density at radius 1 is 1.18 bits per heavy atom. The topological polar surface area (TPSA) is 72.5 Å². The van der Waals surface area contributed by atoms with E-state index in [-0.39, 0.29) is 36.1 Å². The predicted octanol–water partition coefficient (Wildman–Crippen LogP) is 2.96. The highest BCUT2D eigenvalue weighted by molar-refractivity contribution is 5.91. The van der Waals surface area contributed by atoms with Crippen molar-refractivity contribution in [1.29, 1.82) is 0 Å². The van der Waals surface area contributed by atoms with Crippen molar-refractivity contribution in [2.75, 3.05) is 0 Å². The molecular formula is C21H27N5O2. The summed E-state index contributed by atoms with van der Waals surface area (Å²) < 4.78 is 2.86. The number of hydrogen-bond acceptors (Lipinski definition) is 4. The van der Waals surface area contributed by atoms with Crippen LogP contribution in [0.15, 0.2) is 29.1 Å². The molecule has 28 heavy (non-hydrogen) atoms. The van der Waals surface area contributed by atoms with E-state index < -0.39 is 0 Å². The zero-order chi connectivity index (χ0) is 20.0. The van der Waals surface area contributed by atoms with Crippen LogP contribution in [0, 0.1) is 0 Å². The highest BCUT2D eigenvalue weighted by Crippen LogP contribution is 2.23. The summed E-state index contributed by atoms with van der Waals surface area (Å²) >= 11 is 0. The molecule has 0 spiro atoms. The summed E-state index contributed by atoms with van der Waals surface area (Å²) in [7, 11) is 0. The van der Waals surface area contributed by atoms with Gasteiger partial charge in [-0.2, -0.15) is 0 Å². The maximum absolute atomic E-state index is 13.1. The van der Waals surface area contributed by atoms with Gasteiger partial charge in [0.15, 0.2) is 5.65 Å². The Kier molecular flexibility index (Phi) is 4.69. The highest BCUT2D eigenvalue weighted by Gasteiger charge is 2.30. The molecule has 0 aliphatic carbocycles. The number of carbonyl (C=O) groups excluding carboxylic acids is 1. The quantitative estimate of drug-likeness (QED) is 0.699. The predicted molar refractivity (Wildman–Crippen MR) is 108 cm³/mol. The van der Waals surface area contributed by atoms with Crippen LogP contribution in [0.4, 0.5) is 0 Å². The number of nitrogens with zero attached hydrogens (tertiary/aromatic N) is 5. The van der Waals surface area contributed by atoms with Gasteiger partial charge in [-0.3, -0.25) is 4.79 Å². The molecule has 0 radical (unpaired) electrons. The van der Waals surface area contributed by atoms with E-state index >= 15 is 0 Å². The molecule has 0 N–H and O–H groups in total. The molecule has 3 heterocycles. The van der Waals surface area contributed by atoms with Gasteiger partial charge in [-0.1, -0.05) is 26.0 Å². The number of fused-ring (bicyclic) bond motifs is 3. The molecule has 2 aromatic heterocycles. The van der Waals surface area contributed by atoms with Crippen LogP contribution in [0.1, 0.15) is 58.7 Å². The van der Waals surface area contributed by atoms with E-state index in [1.807, 2.05) is 43.0 Å². The minimum absolute atomic E-state index is 0.0406. The Labute approximate surface area is 164 Å². The lowest BCUT2D eigenvalue weighted by Crippen LogP contribution is -2.49. The summed E-state index contributed by atoms with van der Waals surface area (Å²) in [6.45, 7) is 8.12. The first-order valence-electron chi connectivity index (χ1n) is 10.1. The molecule has 1 fully saturated rings. The van der Waals surface area contributed by atoms with E-state index in [0.717, 1.165) is 30.2 Å². The Morgan fingerprint density at radius 2 is 1.86 bits per heavy atom. The Balaban J connectivity index is 1.81. The molecule has 0 bridgehead atoms. The van der Waals surface area contributed by atoms with Crippen molar-refractivity contribution >= 4 is 22.5 Å². The Morgan fingerprint density at radius 3 is 2.54 bits per heavy atom. The van der Waals surface area contributed by atoms with Crippen molar-refractivity contribution in [3.05, 3.63) is 40.6 Å². The van der Waals surface area contributed by atoms with Crippen LogP contribution in [0.3, 0.4) is 0 Å². The van der Waals surface area contributed by atoms with Gasteiger partial charge < -0.3 is 4.90 Å². The highest BCUT2D eigenvalue weighted by atomic mass is 16.2. The zero-order valence-electron chi connectivity index (χ0n) is 16.9. The lowest BCUT2D eigenvalue weighted by molar-refractivity contribution is -0.138. The van der Waals surface area contributed by atoms with Crippen molar-refractivity contribution in [3.8, 4) is 0 Å². The number of amides is 1. The maximum Gasteiger partial charge on any atom is 0.352 e. The number of hydrogen-bond donors (Lipinski definition) is 0. The van der Waals surface area contributed by atoms with Crippen molar-refractivity contribution in [1.82, 2.24) is 24.1 Å². The summed E-state index contributed by atoms with van der Waals surface area (Å²) in [6, 6.07) is 8.05. The van der Waals surface area contributed by atoms with Gasteiger partial charge in [-0.15, -0.1) is 5.10 Å². The first kappa shape index (κ1) is 18.7. The summed E-state index contributed by atoms with van der Waals surface area (Å²) in [5.41, 5.74) is 1.06. The van der Waals surface area contributed by atoms with Gasteiger partial charge in [0.25, 0.3) is 0 Å². The monoisotopic (exact) mass is 381 g/mol. The second-order valence-corrected chi connectivity index (χ2v) is 8.17. The molecule has 0 unspecified atom stereocenters. The molecule has 4 rings (SSSR count). The molecule has 0 saturated carbocycles. The average Bonchev–Trinajstić information content (AvgIpc) is 2.97. The smallest absolute Gasteiger partial charge is 0.336 e. The third kappa shape index (κ3) is 2.99. The third-order valence-electron chi connectivity index (χ3n) is 5.73. The fourth-order valence-electron chi connectivity index (χ4n) is 4.34. The number of benzene rings is 1. The van der Waals surface area contributed by atoms with Gasteiger partial charge in [0, 0.05) is 23.4 Å². The average molecular weight is 381 g/mol. The number of para-hydroxylation sites is 1. The van der Waals surface area contributed by atoms with E-state index in [1.54, 1.807) is 4.40 Å². The van der Waals surface area contributed by atoms with Crippen LogP contribution in [0.2, 0.25) is 0 Å². The number of aromatic nitrogens is 4. The van der Waals surface area contributed by atoms with Crippen molar-refractivity contribution in [2.45, 2.75) is 71.5 Å². The molecule has 3 aromatic rings. The van der Waals surface area contributed by atoms with E-state index in [4.69, 9.17) is 0 Å². The van der Waals surface area contributed by atoms with Gasteiger partial charge in [-0.05, 0) is 45.2 Å². The fourth-order valence-corrected chi connectivity index (χ4v) is 4.34. The summed E-state index contributed by atoms with van der Waals surface area (Å²) in [6.07, 6.45) is 3.14. The first-order chi connectivity index (χ1) is 13.4. The van der Waals surface area contributed by atoms with Crippen LogP contribution in [-0.2, 0) is 11.3 Å². The van der Waals surface area contributed by atoms with Gasteiger partial charge in [0.2, 0.25) is 5.91 Å². The van der Waals surface area contributed by atoms with Gasteiger partial charge in [-0.25, -0.2) is 18.9 Å². The molecular weight excluding hydrogens is 354 g/mol. The van der Waals surface area contributed by atoms with Crippen LogP contribution in [0.5, 0.6) is 0 Å². The Hall–Kier alpha value is -2.70. The normalized spacial score (nSPS) is 20.4. The number of piperidine rings is 1. The van der Waals surface area contributed by atoms with Crippen LogP contribution in [-0.4, -0.2) is 42.1 Å². The second kappa shape index (κ2) is 7.04. The van der Waals surface area contributed by atoms with Crippen molar-refractivity contribution < 1.29 is 4.79 Å². The summed E-state index contributed by atoms with van der Waals surface area (Å²) in [5, 5.41) is 5.36. The molecule has 148 valence electrons. The van der Waals surface area contributed by atoms with Gasteiger partial charge >= 0.3 is 5.69 Å². The van der Waals surface area contributed by atoms with E-state index in [2.05, 4.69) is 23.9 Å². The van der Waals surface area contributed by atoms with Crippen LogP contribution >= 0.6 is 0 Å². The SMILES string of the molecule is CC(C)c1nc2ccccc2c2nn(CC(=O)N3[C@@H](C)CCC[C@@H]3C)c(=O)n12. The summed E-state index contributed by atoms with van der Waals surface area (Å²) in [4.78, 5) is 32.7. The first-order valence-corrected chi connectivity index (χ1v) is 10.1. The molecule has 1 aliphatic heterocycles. The molecule has 7 heteroatoms. The minimum atomic E-state index is -0.303. The molecule has 1 saturated heterocycles. The Bertz CT molecular complexity index is 1090. The number of carbonyl (C=O) groups is 1. The minimum Gasteiger partial charge on any atom is -0.336 e. The molecule has 1 amide bonds. The third-order valence-corrected chi connectivity index (χ3v) is 5.73. The standard InChI is InChI=1S/C21H27N5O2/c1-13(2)19-22-17-11-6-5-10-16(17)20-23-24(21(28)26(19)20)12-18(27)25-14(3)8-7-9-15(25)4/h5-6,10-11,13-15H,7-9,12H2,1-4H3/t14-,15-/m0/s1. The van der Waals surface area contributed by atoms with Crippen LogP contribution in [0.25, 0.3) is 16.6 Å². The molecule has 7 nitrogen and oxygen atoms in total. The van der Waals surface area contributed by atoms with Gasteiger partial charge in [0.1, 0.15) is 12.4 Å². The number of likely N-dealkylation sites (tertiary alicyclic amines) is 1. The van der Waals surface area contributed by atoms with Crippen molar-refractivity contribution in [2.24, 2.45) is 0 Å². The molecule has 1 aliphatic rings. The van der Waals surface area contributed by atoms with Gasteiger partial charge in [0.05, 0.1) is 5.52 Å². The van der Waals surface area contributed by atoms with E-state index in [1.165, 1.54) is 4.68 Å². The summed E-state index contributed by atoms with van der Waals surface area (Å²) in [5.74, 6) is 0.672. The number of rotatable bonds is 3. The molecule has 1 aromatic carbocycles. The second-order valence-electron chi connectivity index (χ2n) is 8.17. The lowest BCUT2D eigenvalue weighted by Gasteiger charge is -2.39. The van der Waals surface area contributed by atoms with Crippen molar-refractivity contribution in [3.63, 3.8) is 0 Å².